The molecule has 0 aliphatic carbocycles. The summed E-state index contributed by atoms with van der Waals surface area (Å²) in [6, 6.07) is 12.6. The lowest BCUT2D eigenvalue weighted by atomic mass is 10.1. The van der Waals surface area contributed by atoms with Crippen LogP contribution in [0.25, 0.3) is 11.3 Å². The van der Waals surface area contributed by atoms with Crippen molar-refractivity contribution in [2.75, 3.05) is 12.4 Å². The highest BCUT2D eigenvalue weighted by atomic mass is 16.6. The summed E-state index contributed by atoms with van der Waals surface area (Å²) in [6.45, 7) is 0. The molecule has 0 bridgehead atoms. The molecule has 0 saturated heterocycles. The molecule has 0 fully saturated rings. The van der Waals surface area contributed by atoms with Gasteiger partial charge in [0.15, 0.2) is 0 Å². The zero-order chi connectivity index (χ0) is 12.3. The summed E-state index contributed by atoms with van der Waals surface area (Å²) >= 11 is 0. The van der Waals surface area contributed by atoms with Crippen LogP contribution in [0.3, 0.4) is 0 Å². The molecule has 0 aliphatic heterocycles. The Morgan fingerprint density at radius 1 is 1.18 bits per heavy atom. The fourth-order valence-corrected chi connectivity index (χ4v) is 1.55. The number of aromatic nitrogens is 1. The third-order valence-corrected chi connectivity index (χ3v) is 2.38. The van der Waals surface area contributed by atoms with Gasteiger partial charge in [0, 0.05) is 18.7 Å². The Morgan fingerprint density at radius 3 is 2.47 bits per heavy atom. The molecule has 17 heavy (non-hydrogen) atoms. The first-order valence-corrected chi connectivity index (χ1v) is 5.11. The van der Waals surface area contributed by atoms with Gasteiger partial charge >= 0.3 is 5.69 Å². The van der Waals surface area contributed by atoms with E-state index in [1.54, 1.807) is 13.1 Å². The van der Waals surface area contributed by atoms with Crippen LogP contribution < -0.4 is 5.32 Å². The van der Waals surface area contributed by atoms with Crippen molar-refractivity contribution in [2.45, 2.75) is 0 Å². The maximum absolute atomic E-state index is 10.8. The Kier molecular flexibility index (Phi) is 3.00. The zero-order valence-electron chi connectivity index (χ0n) is 9.25. The van der Waals surface area contributed by atoms with Crippen LogP contribution in [-0.2, 0) is 0 Å². The highest BCUT2D eigenvalue weighted by Crippen LogP contribution is 2.26. The van der Waals surface area contributed by atoms with E-state index in [-0.39, 0.29) is 11.5 Å². The molecule has 0 spiro atoms. The second kappa shape index (κ2) is 4.61. The van der Waals surface area contributed by atoms with Gasteiger partial charge in [0.05, 0.1) is 10.6 Å². The van der Waals surface area contributed by atoms with Crippen molar-refractivity contribution in [3.8, 4) is 11.3 Å². The average Bonchev–Trinajstić information content (AvgIpc) is 2.39. The van der Waals surface area contributed by atoms with E-state index in [0.29, 0.717) is 5.69 Å². The van der Waals surface area contributed by atoms with E-state index in [1.807, 2.05) is 30.3 Å². The summed E-state index contributed by atoms with van der Waals surface area (Å²) in [6.07, 6.45) is 0. The van der Waals surface area contributed by atoms with Crippen molar-refractivity contribution in [1.29, 1.82) is 0 Å². The van der Waals surface area contributed by atoms with E-state index in [4.69, 9.17) is 0 Å². The molecule has 86 valence electrons. The Labute approximate surface area is 98.3 Å². The van der Waals surface area contributed by atoms with Gasteiger partial charge in [0.25, 0.3) is 0 Å². The molecule has 0 radical (unpaired) electrons. The molecule has 0 aliphatic rings. The van der Waals surface area contributed by atoms with Gasteiger partial charge in [-0.25, -0.2) is 4.98 Å². The number of rotatable bonds is 3. The molecule has 1 N–H and O–H groups in total. The van der Waals surface area contributed by atoms with Gasteiger partial charge < -0.3 is 5.32 Å². The van der Waals surface area contributed by atoms with Crippen LogP contribution in [0, 0.1) is 10.1 Å². The van der Waals surface area contributed by atoms with E-state index in [0.717, 1.165) is 5.56 Å². The lowest BCUT2D eigenvalue weighted by Crippen LogP contribution is -2.00. The number of nitrogens with one attached hydrogen (secondary N) is 1. The summed E-state index contributed by atoms with van der Waals surface area (Å²) in [7, 11) is 1.62. The second-order valence-electron chi connectivity index (χ2n) is 3.44. The van der Waals surface area contributed by atoms with Crippen LogP contribution in [0.2, 0.25) is 0 Å². The molecule has 0 atom stereocenters. The quantitative estimate of drug-likeness (QED) is 0.649. The van der Waals surface area contributed by atoms with Crippen LogP contribution in [0.1, 0.15) is 0 Å². The summed E-state index contributed by atoms with van der Waals surface area (Å²) < 4.78 is 0. The molecule has 0 saturated carbocycles. The number of pyridine rings is 1. The van der Waals surface area contributed by atoms with Crippen molar-refractivity contribution in [2.24, 2.45) is 0 Å². The first-order valence-electron chi connectivity index (χ1n) is 5.11. The molecule has 5 heteroatoms. The van der Waals surface area contributed by atoms with Crippen molar-refractivity contribution in [3.05, 3.63) is 52.6 Å². The minimum atomic E-state index is -0.451. The Bertz CT molecular complexity index is 541. The Hall–Kier alpha value is -2.43. The van der Waals surface area contributed by atoms with Crippen LogP contribution in [-0.4, -0.2) is 17.0 Å². The van der Waals surface area contributed by atoms with Crippen molar-refractivity contribution >= 4 is 11.5 Å². The number of benzene rings is 1. The van der Waals surface area contributed by atoms with E-state index in [1.165, 1.54) is 6.07 Å². The fraction of sp³-hybridized carbons (Fsp3) is 0.0833. The minimum Gasteiger partial charge on any atom is -0.367 e. The first kappa shape index (κ1) is 11.1. The molecule has 1 heterocycles. The maximum atomic E-state index is 10.8. The van der Waals surface area contributed by atoms with Gasteiger partial charge in [-0.1, -0.05) is 30.3 Å². The molecule has 2 rings (SSSR count). The van der Waals surface area contributed by atoms with Gasteiger partial charge in [-0.05, 0) is 6.07 Å². The van der Waals surface area contributed by atoms with Gasteiger partial charge in [0.1, 0.15) is 0 Å². The van der Waals surface area contributed by atoms with Gasteiger partial charge in [-0.2, -0.15) is 0 Å². The van der Waals surface area contributed by atoms with Crippen LogP contribution >= 0.6 is 0 Å². The summed E-state index contributed by atoms with van der Waals surface area (Å²) in [4.78, 5) is 14.5. The highest BCUT2D eigenvalue weighted by molar-refractivity contribution is 5.66. The monoisotopic (exact) mass is 229 g/mol. The fourth-order valence-electron chi connectivity index (χ4n) is 1.55. The minimum absolute atomic E-state index is 0.0211. The SMILES string of the molecule is CNc1nc(-c2ccccc2)ccc1[N+](=O)[O-]. The third kappa shape index (κ3) is 2.23. The second-order valence-corrected chi connectivity index (χ2v) is 3.44. The maximum Gasteiger partial charge on any atom is 0.311 e. The largest absolute Gasteiger partial charge is 0.367 e. The predicted molar refractivity (Wildman–Crippen MR) is 65.9 cm³/mol. The van der Waals surface area contributed by atoms with Gasteiger partial charge in [-0.3, -0.25) is 10.1 Å². The zero-order valence-corrected chi connectivity index (χ0v) is 9.25. The van der Waals surface area contributed by atoms with E-state index >= 15 is 0 Å². The average molecular weight is 229 g/mol. The number of anilines is 1. The molecule has 2 aromatic rings. The lowest BCUT2D eigenvalue weighted by Gasteiger charge is -2.04. The number of nitro groups is 1. The van der Waals surface area contributed by atoms with E-state index < -0.39 is 4.92 Å². The lowest BCUT2D eigenvalue weighted by molar-refractivity contribution is -0.384. The normalized spacial score (nSPS) is 9.94. The molecule has 1 aromatic carbocycles. The smallest absolute Gasteiger partial charge is 0.311 e. The summed E-state index contributed by atoms with van der Waals surface area (Å²) in [5.74, 6) is 0.274. The molecular formula is C12H11N3O2. The number of hydrogen-bond acceptors (Lipinski definition) is 4. The standard InChI is InChI=1S/C12H11N3O2/c1-13-12-11(15(16)17)8-7-10(14-12)9-5-3-2-4-6-9/h2-8H,1H3,(H,13,14). The molecular weight excluding hydrogens is 218 g/mol. The van der Waals surface area contributed by atoms with E-state index in [9.17, 15) is 10.1 Å². The van der Waals surface area contributed by atoms with Crippen molar-refractivity contribution in [1.82, 2.24) is 4.98 Å². The third-order valence-electron chi connectivity index (χ3n) is 2.38. The van der Waals surface area contributed by atoms with Crippen LogP contribution in [0.15, 0.2) is 42.5 Å². The highest BCUT2D eigenvalue weighted by Gasteiger charge is 2.14. The van der Waals surface area contributed by atoms with Gasteiger partial charge in [-0.15, -0.1) is 0 Å². The topological polar surface area (TPSA) is 68.1 Å². The van der Waals surface area contributed by atoms with Gasteiger partial charge in [0.2, 0.25) is 5.82 Å². The van der Waals surface area contributed by atoms with Crippen molar-refractivity contribution < 1.29 is 4.92 Å². The molecule has 1 aromatic heterocycles. The first-order chi connectivity index (χ1) is 8.22. The number of hydrogen-bond donors (Lipinski definition) is 1. The molecule has 0 unspecified atom stereocenters. The molecule has 0 amide bonds. The Balaban J connectivity index is 2.49. The predicted octanol–water partition coefficient (Wildman–Crippen LogP) is 2.70. The molecule has 5 nitrogen and oxygen atoms in total. The number of nitrogens with zero attached hydrogens (tertiary/aromatic N) is 2. The summed E-state index contributed by atoms with van der Waals surface area (Å²) in [5.41, 5.74) is 1.62. The summed E-state index contributed by atoms with van der Waals surface area (Å²) in [5, 5.41) is 13.5. The van der Waals surface area contributed by atoms with Crippen LogP contribution in [0.5, 0.6) is 0 Å². The Morgan fingerprint density at radius 2 is 1.88 bits per heavy atom. The van der Waals surface area contributed by atoms with E-state index in [2.05, 4.69) is 10.3 Å². The van der Waals surface area contributed by atoms with Crippen LogP contribution in [0.4, 0.5) is 11.5 Å². The van der Waals surface area contributed by atoms with Crippen molar-refractivity contribution in [3.63, 3.8) is 0 Å².